The maximum absolute atomic E-state index is 11.7. The molecule has 6 rings (SSSR count). The number of pyridine rings is 1. The molecular formula is C23H24ClN7OS. The summed E-state index contributed by atoms with van der Waals surface area (Å²) in [6.45, 7) is 5.61. The molecule has 33 heavy (non-hydrogen) atoms. The highest BCUT2D eigenvalue weighted by Crippen LogP contribution is 2.51. The van der Waals surface area contributed by atoms with E-state index >= 15 is 0 Å². The van der Waals surface area contributed by atoms with Crippen LogP contribution in [0.4, 0.5) is 5.82 Å². The highest BCUT2D eigenvalue weighted by molar-refractivity contribution is 7.09. The molecule has 10 heteroatoms. The summed E-state index contributed by atoms with van der Waals surface area (Å²) in [5.41, 5.74) is 12.1. The molecule has 1 aliphatic heterocycles. The number of aromatic nitrogens is 5. The van der Waals surface area contributed by atoms with Gasteiger partial charge in [-0.2, -0.15) is 5.10 Å². The van der Waals surface area contributed by atoms with Crippen molar-refractivity contribution in [2.24, 2.45) is 11.1 Å². The predicted molar refractivity (Wildman–Crippen MR) is 130 cm³/mol. The fourth-order valence-corrected chi connectivity index (χ4v) is 6.69. The molecule has 0 amide bonds. The van der Waals surface area contributed by atoms with E-state index in [9.17, 15) is 4.79 Å². The number of hydrogen-bond acceptors (Lipinski definition) is 7. The maximum Gasteiger partial charge on any atom is 0.304 e. The third-order valence-corrected chi connectivity index (χ3v) is 8.79. The lowest BCUT2D eigenvalue weighted by Gasteiger charge is -2.42. The van der Waals surface area contributed by atoms with E-state index in [1.54, 1.807) is 12.4 Å². The third-order valence-electron chi connectivity index (χ3n) is 7.30. The first-order chi connectivity index (χ1) is 15.9. The van der Waals surface area contributed by atoms with Gasteiger partial charge in [0.15, 0.2) is 5.82 Å². The summed E-state index contributed by atoms with van der Waals surface area (Å²) in [5.74, 6) is 0.931. The first-order valence-corrected chi connectivity index (χ1v) is 12.3. The van der Waals surface area contributed by atoms with Crippen LogP contribution in [0.3, 0.4) is 0 Å². The lowest BCUT2D eigenvalue weighted by atomic mass is 9.74. The Morgan fingerprint density at radius 2 is 2.00 bits per heavy atom. The zero-order valence-electron chi connectivity index (χ0n) is 18.4. The highest BCUT2D eigenvalue weighted by atomic mass is 35.5. The van der Waals surface area contributed by atoms with E-state index in [0.717, 1.165) is 76.9 Å². The van der Waals surface area contributed by atoms with Crippen LogP contribution in [0.2, 0.25) is 5.02 Å². The van der Waals surface area contributed by atoms with E-state index in [1.165, 1.54) is 11.3 Å². The van der Waals surface area contributed by atoms with Gasteiger partial charge in [-0.25, -0.2) is 9.50 Å². The van der Waals surface area contributed by atoms with Crippen LogP contribution in [0.25, 0.3) is 16.8 Å². The number of hydrogen-bond donors (Lipinski definition) is 2. The van der Waals surface area contributed by atoms with Crippen molar-refractivity contribution in [1.82, 2.24) is 24.6 Å². The van der Waals surface area contributed by atoms with Crippen LogP contribution >= 0.6 is 22.9 Å². The van der Waals surface area contributed by atoms with E-state index in [-0.39, 0.29) is 16.3 Å². The van der Waals surface area contributed by atoms with Crippen LogP contribution in [0.15, 0.2) is 29.3 Å². The predicted octanol–water partition coefficient (Wildman–Crippen LogP) is 3.65. The summed E-state index contributed by atoms with van der Waals surface area (Å²) < 4.78 is 1.94. The van der Waals surface area contributed by atoms with Crippen molar-refractivity contribution in [1.29, 1.82) is 0 Å². The van der Waals surface area contributed by atoms with E-state index in [4.69, 9.17) is 22.3 Å². The molecule has 8 nitrogen and oxygen atoms in total. The number of thiazole rings is 1. The van der Waals surface area contributed by atoms with Crippen molar-refractivity contribution >= 4 is 34.3 Å². The molecule has 1 saturated heterocycles. The van der Waals surface area contributed by atoms with Crippen molar-refractivity contribution in [2.45, 2.75) is 39.2 Å². The number of piperidine rings is 1. The number of aryl methyl sites for hydroxylation is 2. The molecule has 4 aromatic rings. The van der Waals surface area contributed by atoms with Gasteiger partial charge in [0, 0.05) is 41.5 Å². The normalized spacial score (nSPS) is 19.5. The van der Waals surface area contributed by atoms with Gasteiger partial charge >= 0.3 is 4.87 Å². The molecule has 0 saturated carbocycles. The van der Waals surface area contributed by atoms with Gasteiger partial charge in [-0.3, -0.25) is 9.78 Å². The largest absolute Gasteiger partial charge is 0.355 e. The van der Waals surface area contributed by atoms with Crippen LogP contribution in [0.1, 0.15) is 40.8 Å². The summed E-state index contributed by atoms with van der Waals surface area (Å²) >= 11 is 7.87. The average molecular weight is 482 g/mol. The lowest BCUT2D eigenvalue weighted by Crippen LogP contribution is -2.45. The van der Waals surface area contributed by atoms with Gasteiger partial charge in [0.05, 0.1) is 28.3 Å². The Morgan fingerprint density at radius 3 is 2.76 bits per heavy atom. The summed E-state index contributed by atoms with van der Waals surface area (Å²) in [5, 5.41) is 5.23. The summed E-state index contributed by atoms with van der Waals surface area (Å²) in [6.07, 6.45) is 6.33. The monoisotopic (exact) mass is 481 g/mol. The van der Waals surface area contributed by atoms with Crippen molar-refractivity contribution in [3.05, 3.63) is 61.2 Å². The molecule has 0 radical (unpaired) electrons. The molecule has 1 atom stereocenters. The number of rotatable bonds is 2. The molecule has 1 spiro atoms. The number of H-pyrrole nitrogens is 1. The van der Waals surface area contributed by atoms with Gasteiger partial charge in [-0.05, 0) is 50.7 Å². The second kappa shape index (κ2) is 7.38. The average Bonchev–Trinajstić information content (AvgIpc) is 3.47. The van der Waals surface area contributed by atoms with Crippen molar-refractivity contribution in [3.63, 3.8) is 0 Å². The smallest absolute Gasteiger partial charge is 0.304 e. The van der Waals surface area contributed by atoms with E-state index in [2.05, 4.69) is 20.0 Å². The Morgan fingerprint density at radius 1 is 1.21 bits per heavy atom. The molecule has 0 bridgehead atoms. The molecule has 1 aliphatic carbocycles. The molecule has 170 valence electrons. The first-order valence-electron chi connectivity index (χ1n) is 11.1. The molecule has 1 fully saturated rings. The number of fused-ring (bicyclic) bond motifs is 2. The van der Waals surface area contributed by atoms with E-state index < -0.39 is 0 Å². The van der Waals surface area contributed by atoms with Crippen LogP contribution in [-0.4, -0.2) is 37.7 Å². The third kappa shape index (κ3) is 3.06. The zero-order valence-corrected chi connectivity index (χ0v) is 20.0. The first kappa shape index (κ1) is 20.8. The number of halogens is 1. The number of aromatic amines is 1. The van der Waals surface area contributed by atoms with Crippen LogP contribution in [0.5, 0.6) is 0 Å². The van der Waals surface area contributed by atoms with Gasteiger partial charge in [0.1, 0.15) is 5.52 Å². The van der Waals surface area contributed by atoms with Crippen molar-refractivity contribution < 1.29 is 0 Å². The Hall–Kier alpha value is -2.75. The SMILES string of the molecule is Cc1nccc(-c2c(C)nc(N3CCC4(CC3)Cc3[nH]c(=O)sc3[C@H]4N)c3ccnn23)c1Cl. The van der Waals surface area contributed by atoms with Gasteiger partial charge in [-0.15, -0.1) is 0 Å². The summed E-state index contributed by atoms with van der Waals surface area (Å²) in [4.78, 5) is 27.4. The Balaban J connectivity index is 1.34. The molecular weight excluding hydrogens is 458 g/mol. The number of anilines is 1. The quantitative estimate of drug-likeness (QED) is 0.452. The van der Waals surface area contributed by atoms with Crippen LogP contribution in [-0.2, 0) is 6.42 Å². The topological polar surface area (TPSA) is 105 Å². The number of nitrogens with two attached hydrogens (primary N) is 1. The van der Waals surface area contributed by atoms with Crippen molar-refractivity contribution in [3.8, 4) is 11.3 Å². The lowest BCUT2D eigenvalue weighted by molar-refractivity contribution is 0.187. The minimum absolute atomic E-state index is 0.00452. The Labute approximate surface area is 199 Å². The minimum atomic E-state index is -0.0808. The molecule has 0 unspecified atom stereocenters. The minimum Gasteiger partial charge on any atom is -0.355 e. The fourth-order valence-electron chi connectivity index (χ4n) is 5.49. The highest BCUT2D eigenvalue weighted by Gasteiger charge is 2.48. The maximum atomic E-state index is 11.7. The molecule has 5 heterocycles. The van der Waals surface area contributed by atoms with Gasteiger partial charge in [-0.1, -0.05) is 22.9 Å². The molecule has 3 N–H and O–H groups in total. The van der Waals surface area contributed by atoms with Gasteiger partial charge in [0.25, 0.3) is 0 Å². The zero-order chi connectivity index (χ0) is 22.9. The fraction of sp³-hybridized carbons (Fsp3) is 0.391. The number of nitrogens with zero attached hydrogens (tertiary/aromatic N) is 5. The molecule has 4 aromatic heterocycles. The number of nitrogens with one attached hydrogen (secondary N) is 1. The second-order valence-corrected chi connectivity index (χ2v) is 10.5. The van der Waals surface area contributed by atoms with E-state index in [1.807, 2.05) is 30.5 Å². The molecule has 0 aromatic carbocycles. The van der Waals surface area contributed by atoms with Crippen molar-refractivity contribution in [2.75, 3.05) is 18.0 Å². The Kier molecular flexibility index (Phi) is 4.66. The van der Waals surface area contributed by atoms with Gasteiger partial charge in [0.2, 0.25) is 0 Å². The summed E-state index contributed by atoms with van der Waals surface area (Å²) in [7, 11) is 0. The summed E-state index contributed by atoms with van der Waals surface area (Å²) in [6, 6.07) is 3.83. The van der Waals surface area contributed by atoms with Gasteiger partial charge < -0.3 is 15.6 Å². The second-order valence-electron chi connectivity index (χ2n) is 9.12. The Bertz CT molecular complexity index is 1450. The molecule has 2 aliphatic rings. The van der Waals surface area contributed by atoms with Crippen LogP contribution in [0, 0.1) is 19.3 Å². The standard InChI is InChI=1S/C23H24ClN7OS/c1-12-17(24)14(3-7-26-12)18-13(2)28-21(16-4-8-27-31(16)18)30-9-5-23(6-10-30)11-15-19(20(23)25)33-22(32)29-15/h3-4,7-8,20H,5-6,9-11,25H2,1-2H3,(H,29,32)/t20-/m1/s1. The van der Waals surface area contributed by atoms with Crippen LogP contribution < -0.4 is 15.5 Å². The van der Waals surface area contributed by atoms with E-state index in [0.29, 0.717) is 5.02 Å².